The Labute approximate surface area is 148 Å². The summed E-state index contributed by atoms with van der Waals surface area (Å²) in [7, 11) is 0. The van der Waals surface area contributed by atoms with Crippen LogP contribution in [0.1, 0.15) is 22.4 Å². The van der Waals surface area contributed by atoms with E-state index in [-0.39, 0.29) is 12.4 Å². The molecule has 0 atom stereocenters. The molecule has 1 aliphatic rings. The summed E-state index contributed by atoms with van der Waals surface area (Å²) in [6.45, 7) is 7.99. The van der Waals surface area contributed by atoms with Crippen molar-refractivity contribution in [2.75, 3.05) is 11.4 Å². The van der Waals surface area contributed by atoms with Gasteiger partial charge in [0, 0.05) is 30.4 Å². The van der Waals surface area contributed by atoms with Crippen molar-refractivity contribution in [2.45, 2.75) is 26.3 Å². The van der Waals surface area contributed by atoms with Gasteiger partial charge in [0.2, 0.25) is 0 Å². The molecular weight excluding hydrogens is 318 g/mol. The van der Waals surface area contributed by atoms with E-state index < -0.39 is 0 Å². The molecule has 24 heavy (non-hydrogen) atoms. The first-order valence-corrected chi connectivity index (χ1v) is 8.16. The van der Waals surface area contributed by atoms with Gasteiger partial charge >= 0.3 is 0 Å². The Hall–Kier alpha value is -2.26. The normalized spacial score (nSPS) is 13.5. The van der Waals surface area contributed by atoms with Crippen molar-refractivity contribution in [1.29, 1.82) is 0 Å². The van der Waals surface area contributed by atoms with E-state index in [0.29, 0.717) is 0 Å². The van der Waals surface area contributed by atoms with E-state index >= 15 is 0 Å². The Balaban J connectivity index is 0.00000169. The molecule has 1 aliphatic heterocycles. The van der Waals surface area contributed by atoms with Crippen molar-refractivity contribution in [3.05, 3.63) is 71.6 Å². The van der Waals surface area contributed by atoms with E-state index in [1.54, 1.807) is 0 Å². The number of anilines is 1. The highest BCUT2D eigenvalue weighted by atomic mass is 35.5. The number of fused-ring (bicyclic) bond motifs is 2. The SMILES string of the molecule is C=CCc1c(C)[nH]c2ccnc(N3CCc4ccccc4C3)c12.Cl. The third kappa shape index (κ3) is 2.69. The van der Waals surface area contributed by atoms with E-state index in [0.717, 1.165) is 31.7 Å². The van der Waals surface area contributed by atoms with Crippen LogP contribution in [0.2, 0.25) is 0 Å². The number of nitrogens with one attached hydrogen (secondary N) is 1. The summed E-state index contributed by atoms with van der Waals surface area (Å²) in [4.78, 5) is 10.6. The number of hydrogen-bond acceptors (Lipinski definition) is 2. The average Bonchev–Trinajstić information content (AvgIpc) is 2.90. The maximum Gasteiger partial charge on any atom is 0.138 e. The number of nitrogens with zero attached hydrogens (tertiary/aromatic N) is 2. The molecule has 3 nitrogen and oxygen atoms in total. The molecule has 0 aliphatic carbocycles. The Morgan fingerprint density at radius 2 is 2.04 bits per heavy atom. The van der Waals surface area contributed by atoms with Gasteiger partial charge < -0.3 is 9.88 Å². The quantitative estimate of drug-likeness (QED) is 0.708. The number of H-pyrrole nitrogens is 1. The molecule has 124 valence electrons. The maximum atomic E-state index is 4.73. The molecule has 4 rings (SSSR count). The number of halogens is 1. The summed E-state index contributed by atoms with van der Waals surface area (Å²) in [6.07, 6.45) is 5.83. The highest BCUT2D eigenvalue weighted by molar-refractivity contribution is 5.94. The number of aromatic nitrogens is 2. The molecular formula is C20H22ClN3. The van der Waals surface area contributed by atoms with Gasteiger partial charge in [0.15, 0.2) is 0 Å². The van der Waals surface area contributed by atoms with E-state index in [1.807, 2.05) is 12.3 Å². The van der Waals surface area contributed by atoms with Crippen LogP contribution in [0.15, 0.2) is 49.2 Å². The second-order valence-corrected chi connectivity index (χ2v) is 6.22. The zero-order chi connectivity index (χ0) is 15.8. The predicted molar refractivity (Wildman–Crippen MR) is 103 cm³/mol. The van der Waals surface area contributed by atoms with Crippen LogP contribution in [-0.4, -0.2) is 16.5 Å². The molecule has 0 bridgehead atoms. The molecule has 0 radical (unpaired) electrons. The molecule has 1 N–H and O–H groups in total. The van der Waals surface area contributed by atoms with E-state index in [2.05, 4.69) is 53.7 Å². The first-order chi connectivity index (χ1) is 11.3. The second-order valence-electron chi connectivity index (χ2n) is 6.22. The van der Waals surface area contributed by atoms with Gasteiger partial charge in [-0.25, -0.2) is 4.98 Å². The van der Waals surface area contributed by atoms with Crippen molar-refractivity contribution in [3.63, 3.8) is 0 Å². The lowest BCUT2D eigenvalue weighted by Crippen LogP contribution is -2.31. The summed E-state index contributed by atoms with van der Waals surface area (Å²) in [5, 5.41) is 1.25. The van der Waals surface area contributed by atoms with Crippen LogP contribution in [0.3, 0.4) is 0 Å². The molecule has 2 aromatic heterocycles. The molecule has 3 heterocycles. The first-order valence-electron chi connectivity index (χ1n) is 8.16. The molecule has 0 saturated carbocycles. The van der Waals surface area contributed by atoms with Crippen molar-refractivity contribution >= 4 is 29.1 Å². The van der Waals surface area contributed by atoms with Crippen molar-refractivity contribution in [2.24, 2.45) is 0 Å². The summed E-state index contributed by atoms with van der Waals surface area (Å²) in [5.74, 6) is 1.10. The zero-order valence-corrected chi connectivity index (χ0v) is 14.7. The van der Waals surface area contributed by atoms with Crippen molar-refractivity contribution in [3.8, 4) is 0 Å². The Morgan fingerprint density at radius 1 is 1.25 bits per heavy atom. The van der Waals surface area contributed by atoms with Gasteiger partial charge in [-0.3, -0.25) is 0 Å². The van der Waals surface area contributed by atoms with Gasteiger partial charge in [0.05, 0.1) is 5.52 Å². The van der Waals surface area contributed by atoms with Crippen LogP contribution in [-0.2, 0) is 19.4 Å². The van der Waals surface area contributed by atoms with E-state index in [1.165, 1.54) is 33.3 Å². The van der Waals surface area contributed by atoms with Crippen LogP contribution in [0.5, 0.6) is 0 Å². The highest BCUT2D eigenvalue weighted by Gasteiger charge is 2.21. The summed E-state index contributed by atoms with van der Waals surface area (Å²) >= 11 is 0. The number of benzene rings is 1. The second kappa shape index (κ2) is 6.70. The Bertz CT molecular complexity index is 882. The van der Waals surface area contributed by atoms with Gasteiger partial charge in [-0.2, -0.15) is 0 Å². The van der Waals surface area contributed by atoms with Crippen LogP contribution < -0.4 is 4.90 Å². The minimum Gasteiger partial charge on any atom is -0.358 e. The van der Waals surface area contributed by atoms with Crippen LogP contribution >= 0.6 is 12.4 Å². The standard InChI is InChI=1S/C20H21N3.ClH/c1-3-6-17-14(2)22-18-9-11-21-20(19(17)18)23-12-10-15-7-4-5-8-16(15)13-23;/h3-5,7-9,11,22H,1,6,10,12-13H2,2H3;1H. The predicted octanol–water partition coefficient (Wildman–Crippen LogP) is 4.58. The highest BCUT2D eigenvalue weighted by Crippen LogP contribution is 2.33. The van der Waals surface area contributed by atoms with Gasteiger partial charge in [-0.15, -0.1) is 19.0 Å². The van der Waals surface area contributed by atoms with Crippen LogP contribution in [0, 0.1) is 6.92 Å². The molecule has 0 saturated heterocycles. The zero-order valence-electron chi connectivity index (χ0n) is 13.9. The number of allylic oxidation sites excluding steroid dienone is 1. The third-order valence-corrected chi connectivity index (χ3v) is 4.79. The molecule has 3 aromatic rings. The Morgan fingerprint density at radius 3 is 2.83 bits per heavy atom. The monoisotopic (exact) mass is 339 g/mol. The topological polar surface area (TPSA) is 31.9 Å². The fraction of sp³-hybridized carbons (Fsp3) is 0.250. The minimum absolute atomic E-state index is 0. The lowest BCUT2D eigenvalue weighted by Gasteiger charge is -2.30. The number of rotatable bonds is 3. The first kappa shape index (κ1) is 16.6. The molecule has 4 heteroatoms. The summed E-state index contributed by atoms with van der Waals surface area (Å²) in [6, 6.07) is 10.8. The van der Waals surface area contributed by atoms with Gasteiger partial charge in [-0.05, 0) is 42.5 Å². The fourth-order valence-corrected chi connectivity index (χ4v) is 3.63. The lowest BCUT2D eigenvalue weighted by molar-refractivity contribution is 0.724. The van der Waals surface area contributed by atoms with E-state index in [4.69, 9.17) is 4.98 Å². The fourth-order valence-electron chi connectivity index (χ4n) is 3.63. The number of aryl methyl sites for hydroxylation is 1. The van der Waals surface area contributed by atoms with Crippen LogP contribution in [0.25, 0.3) is 10.9 Å². The Kier molecular flexibility index (Phi) is 4.63. The minimum atomic E-state index is 0. The number of aromatic amines is 1. The third-order valence-electron chi connectivity index (χ3n) is 4.79. The number of hydrogen-bond donors (Lipinski definition) is 1. The lowest BCUT2D eigenvalue weighted by atomic mass is 9.99. The van der Waals surface area contributed by atoms with Gasteiger partial charge in [0.1, 0.15) is 5.82 Å². The maximum absolute atomic E-state index is 4.73. The molecule has 1 aromatic carbocycles. The van der Waals surface area contributed by atoms with Gasteiger partial charge in [0.25, 0.3) is 0 Å². The molecule has 0 unspecified atom stereocenters. The van der Waals surface area contributed by atoms with E-state index in [9.17, 15) is 0 Å². The van der Waals surface area contributed by atoms with Crippen molar-refractivity contribution < 1.29 is 0 Å². The number of pyridine rings is 1. The largest absolute Gasteiger partial charge is 0.358 e. The average molecular weight is 340 g/mol. The molecule has 0 fully saturated rings. The van der Waals surface area contributed by atoms with Crippen molar-refractivity contribution in [1.82, 2.24) is 9.97 Å². The smallest absolute Gasteiger partial charge is 0.138 e. The molecule has 0 amide bonds. The van der Waals surface area contributed by atoms with Gasteiger partial charge in [-0.1, -0.05) is 30.3 Å². The molecule has 0 spiro atoms. The summed E-state index contributed by atoms with van der Waals surface area (Å²) < 4.78 is 0. The summed E-state index contributed by atoms with van der Waals surface area (Å²) in [5.41, 5.74) is 6.58. The van der Waals surface area contributed by atoms with Crippen LogP contribution in [0.4, 0.5) is 5.82 Å².